The van der Waals surface area contributed by atoms with Gasteiger partial charge in [-0.05, 0) is 50.6 Å². The van der Waals surface area contributed by atoms with E-state index in [9.17, 15) is 9.59 Å². The highest BCUT2D eigenvalue weighted by Gasteiger charge is 2.58. The molecule has 4 nitrogen and oxygen atoms in total. The van der Waals surface area contributed by atoms with Crippen molar-refractivity contribution in [2.45, 2.75) is 44.9 Å². The largest absolute Gasteiger partial charge is 0.303 e. The summed E-state index contributed by atoms with van der Waals surface area (Å²) in [5.41, 5.74) is -0.0368. The van der Waals surface area contributed by atoms with Crippen LogP contribution in [0.15, 0.2) is 0 Å². The van der Waals surface area contributed by atoms with E-state index < -0.39 is 0 Å². The molecule has 4 heteroatoms. The molecule has 110 valence electrons. The summed E-state index contributed by atoms with van der Waals surface area (Å²) >= 11 is 0. The Hall–Kier alpha value is -0.900. The number of hydrogen-bond donors (Lipinski definition) is 1. The lowest BCUT2D eigenvalue weighted by atomic mass is 9.54. The molecular weight excluding hydrogens is 252 g/mol. The van der Waals surface area contributed by atoms with E-state index in [0.717, 1.165) is 6.54 Å². The van der Waals surface area contributed by atoms with Crippen molar-refractivity contribution >= 4 is 11.8 Å². The number of rotatable bonds is 1. The van der Waals surface area contributed by atoms with Crippen molar-refractivity contribution in [3.8, 4) is 0 Å². The molecule has 2 bridgehead atoms. The fraction of sp³-hybridized carbons (Fsp3) is 0.875. The average molecular weight is 276 g/mol. The van der Waals surface area contributed by atoms with Crippen LogP contribution in [0.2, 0.25) is 0 Å². The van der Waals surface area contributed by atoms with Crippen LogP contribution in [-0.2, 0) is 9.59 Å². The lowest BCUT2D eigenvalue weighted by molar-refractivity contribution is -0.161. The van der Waals surface area contributed by atoms with Crippen molar-refractivity contribution in [3.05, 3.63) is 0 Å². The molecule has 1 spiro atoms. The zero-order chi connectivity index (χ0) is 13.7. The van der Waals surface area contributed by atoms with E-state index >= 15 is 0 Å². The van der Waals surface area contributed by atoms with Crippen molar-refractivity contribution in [2.75, 3.05) is 19.6 Å². The molecule has 5 fully saturated rings. The summed E-state index contributed by atoms with van der Waals surface area (Å²) in [5.74, 6) is 1.22. The summed E-state index contributed by atoms with van der Waals surface area (Å²) in [4.78, 5) is 27.1. The molecule has 2 unspecified atom stereocenters. The molecule has 4 saturated heterocycles. The average Bonchev–Trinajstić information content (AvgIpc) is 2.92. The van der Waals surface area contributed by atoms with Crippen LogP contribution in [0.5, 0.6) is 0 Å². The minimum absolute atomic E-state index is 0.0296. The highest BCUT2D eigenvalue weighted by molar-refractivity contribution is 6.00. The number of fused-ring (bicyclic) bond motifs is 2. The smallest absolute Gasteiger partial charge is 0.230 e. The van der Waals surface area contributed by atoms with Crippen LogP contribution in [0, 0.1) is 23.2 Å². The number of imide groups is 1. The van der Waals surface area contributed by atoms with Gasteiger partial charge >= 0.3 is 0 Å². The van der Waals surface area contributed by atoms with E-state index in [2.05, 4.69) is 10.2 Å². The highest BCUT2D eigenvalue weighted by atomic mass is 16.2. The van der Waals surface area contributed by atoms with Gasteiger partial charge in [0.25, 0.3) is 0 Å². The molecule has 4 heterocycles. The molecule has 1 saturated carbocycles. The topological polar surface area (TPSA) is 49.4 Å². The molecule has 5 rings (SSSR count). The fourth-order valence-corrected chi connectivity index (χ4v) is 5.67. The number of piperidine rings is 4. The monoisotopic (exact) mass is 276 g/mol. The second-order valence-electron chi connectivity index (χ2n) is 7.39. The third kappa shape index (κ3) is 1.77. The van der Waals surface area contributed by atoms with E-state index in [-0.39, 0.29) is 23.1 Å². The Kier molecular flexibility index (Phi) is 2.92. The van der Waals surface area contributed by atoms with Crippen LogP contribution in [0.4, 0.5) is 0 Å². The van der Waals surface area contributed by atoms with Crippen LogP contribution >= 0.6 is 0 Å². The Bertz CT molecular complexity index is 436. The number of amides is 2. The third-order valence-corrected chi connectivity index (χ3v) is 6.44. The Balaban J connectivity index is 1.72. The van der Waals surface area contributed by atoms with Crippen molar-refractivity contribution in [2.24, 2.45) is 23.2 Å². The van der Waals surface area contributed by atoms with E-state index in [0.29, 0.717) is 18.3 Å². The molecule has 0 radical (unpaired) electrons. The van der Waals surface area contributed by atoms with Crippen molar-refractivity contribution in [1.82, 2.24) is 10.2 Å². The lowest BCUT2D eigenvalue weighted by Crippen LogP contribution is -2.65. The summed E-state index contributed by atoms with van der Waals surface area (Å²) in [6.07, 6.45) is 7.83. The van der Waals surface area contributed by atoms with Gasteiger partial charge in [-0.25, -0.2) is 0 Å². The van der Waals surface area contributed by atoms with Gasteiger partial charge in [0.2, 0.25) is 11.8 Å². The summed E-state index contributed by atoms with van der Waals surface area (Å²) in [6.45, 7) is 3.32. The van der Waals surface area contributed by atoms with Crippen molar-refractivity contribution in [3.63, 3.8) is 0 Å². The Labute approximate surface area is 120 Å². The van der Waals surface area contributed by atoms with Crippen LogP contribution in [0.3, 0.4) is 0 Å². The van der Waals surface area contributed by atoms with Crippen LogP contribution in [0.1, 0.15) is 44.9 Å². The molecule has 20 heavy (non-hydrogen) atoms. The van der Waals surface area contributed by atoms with E-state index in [4.69, 9.17) is 0 Å². The normalized spacial score (nSPS) is 45.1. The summed E-state index contributed by atoms with van der Waals surface area (Å²) < 4.78 is 0. The minimum Gasteiger partial charge on any atom is -0.303 e. The molecule has 4 aliphatic heterocycles. The lowest BCUT2D eigenvalue weighted by Gasteiger charge is -2.58. The first-order valence-corrected chi connectivity index (χ1v) is 8.25. The maximum Gasteiger partial charge on any atom is 0.230 e. The molecule has 0 aromatic rings. The molecule has 2 amide bonds. The predicted molar refractivity (Wildman–Crippen MR) is 74.8 cm³/mol. The van der Waals surface area contributed by atoms with E-state index in [1.807, 2.05) is 0 Å². The molecule has 0 aromatic heterocycles. The molecule has 1 aliphatic carbocycles. The molecular formula is C16H24N2O2. The van der Waals surface area contributed by atoms with Gasteiger partial charge in [-0.1, -0.05) is 12.8 Å². The van der Waals surface area contributed by atoms with Crippen LogP contribution < -0.4 is 5.32 Å². The number of carbonyl (C=O) groups excluding carboxylic acids is 2. The maximum absolute atomic E-state index is 12.6. The van der Waals surface area contributed by atoms with Crippen molar-refractivity contribution < 1.29 is 9.59 Å². The molecule has 5 aliphatic rings. The second-order valence-corrected chi connectivity index (χ2v) is 7.39. The standard InChI is InChI=1S/C16H24N2O2/c19-13-9-16(10-18-7-5-12(16)6-8-18)14(15(20)17-13)11-3-1-2-4-11/h11-12,14H,1-10H2,(H,17,19,20). The fourth-order valence-electron chi connectivity index (χ4n) is 5.67. The number of hydrogen-bond acceptors (Lipinski definition) is 3. The number of nitrogens with zero attached hydrogens (tertiary/aromatic N) is 1. The van der Waals surface area contributed by atoms with Gasteiger partial charge in [0.15, 0.2) is 0 Å². The van der Waals surface area contributed by atoms with Gasteiger partial charge in [0.05, 0.1) is 0 Å². The van der Waals surface area contributed by atoms with Gasteiger partial charge < -0.3 is 4.90 Å². The highest BCUT2D eigenvalue weighted by Crippen LogP contribution is 2.55. The Morgan fingerprint density at radius 1 is 1.05 bits per heavy atom. The maximum atomic E-state index is 12.6. The quantitative estimate of drug-likeness (QED) is 0.739. The summed E-state index contributed by atoms with van der Waals surface area (Å²) in [7, 11) is 0. The van der Waals surface area contributed by atoms with Gasteiger partial charge in [-0.2, -0.15) is 0 Å². The molecule has 0 aromatic carbocycles. The van der Waals surface area contributed by atoms with E-state index in [1.165, 1.54) is 51.6 Å². The van der Waals surface area contributed by atoms with Crippen molar-refractivity contribution in [1.29, 1.82) is 0 Å². The Morgan fingerprint density at radius 3 is 2.35 bits per heavy atom. The summed E-state index contributed by atoms with van der Waals surface area (Å²) in [5, 5.41) is 2.64. The zero-order valence-electron chi connectivity index (χ0n) is 12.1. The van der Waals surface area contributed by atoms with Crippen LogP contribution in [-0.4, -0.2) is 36.3 Å². The Morgan fingerprint density at radius 2 is 1.75 bits per heavy atom. The van der Waals surface area contributed by atoms with Gasteiger partial charge in [-0.15, -0.1) is 0 Å². The van der Waals surface area contributed by atoms with Gasteiger partial charge in [0.1, 0.15) is 0 Å². The summed E-state index contributed by atoms with van der Waals surface area (Å²) in [6, 6.07) is 0. The number of nitrogens with one attached hydrogen (secondary N) is 1. The van der Waals surface area contributed by atoms with Gasteiger partial charge in [-0.3, -0.25) is 14.9 Å². The van der Waals surface area contributed by atoms with Crippen LogP contribution in [0.25, 0.3) is 0 Å². The zero-order valence-corrected chi connectivity index (χ0v) is 12.1. The number of carbonyl (C=O) groups is 2. The first-order chi connectivity index (χ1) is 9.69. The molecule has 1 N–H and O–H groups in total. The van der Waals surface area contributed by atoms with Gasteiger partial charge in [0, 0.05) is 24.3 Å². The second kappa shape index (κ2) is 4.55. The predicted octanol–water partition coefficient (Wildman–Crippen LogP) is 1.55. The minimum atomic E-state index is -0.0368. The first-order valence-electron chi connectivity index (χ1n) is 8.25. The third-order valence-electron chi connectivity index (χ3n) is 6.44. The molecule has 2 atom stereocenters. The SMILES string of the molecule is O=C1CC2(CN3CCC2CC3)C(C2CCCC2)C(=O)N1. The van der Waals surface area contributed by atoms with E-state index in [1.54, 1.807) is 0 Å². The first kappa shape index (κ1) is 12.8.